The molecule has 3 aromatic carbocycles. The van der Waals surface area contributed by atoms with Gasteiger partial charge in [0, 0.05) is 10.4 Å². The van der Waals surface area contributed by atoms with E-state index in [-0.39, 0.29) is 0 Å². The Hall–Kier alpha value is -1.79. The van der Waals surface area contributed by atoms with Gasteiger partial charge < -0.3 is 0 Å². The molecule has 0 spiro atoms. The summed E-state index contributed by atoms with van der Waals surface area (Å²) in [7, 11) is 0. The van der Waals surface area contributed by atoms with Crippen molar-refractivity contribution in [1.82, 2.24) is 0 Å². The van der Waals surface area contributed by atoms with E-state index >= 15 is 0 Å². The molecule has 0 aliphatic rings. The second kappa shape index (κ2) is 6.07. The Kier molecular flexibility index (Phi) is 4.17. The van der Waals surface area contributed by atoms with Crippen LogP contribution in [0.25, 0.3) is 10.8 Å². The molecule has 0 radical (unpaired) electrons. The number of hydrogen-bond donors (Lipinski definition) is 0. The highest BCUT2D eigenvalue weighted by Gasteiger charge is 1.93. The predicted molar refractivity (Wildman–Crippen MR) is 75.4 cm³/mol. The lowest BCUT2D eigenvalue weighted by atomic mass is 10.1. The maximum atomic E-state index is 5.96. The first-order valence-corrected chi connectivity index (χ1v) is 5.89. The average Bonchev–Trinajstić information content (AvgIpc) is 2.42. The molecule has 84 valence electrons. The second-order valence-electron chi connectivity index (χ2n) is 3.62. The Morgan fingerprint density at radius 1 is 0.529 bits per heavy atom. The topological polar surface area (TPSA) is 0 Å². The lowest BCUT2D eigenvalue weighted by Crippen LogP contribution is -1.70. The largest absolute Gasteiger partial charge is 0.0837 e. The summed E-state index contributed by atoms with van der Waals surface area (Å²) in [6, 6.07) is 26.0. The molecule has 0 aliphatic carbocycles. The molecule has 0 unspecified atom stereocenters. The summed E-state index contributed by atoms with van der Waals surface area (Å²) >= 11 is 5.96. The predicted octanol–water partition coefficient (Wildman–Crippen LogP) is 5.18. The highest BCUT2D eigenvalue weighted by atomic mass is 35.5. The molecule has 17 heavy (non-hydrogen) atoms. The normalized spacial score (nSPS) is 9.47. The number of rotatable bonds is 0. The number of benzene rings is 3. The third-order valence-electron chi connectivity index (χ3n) is 2.40. The van der Waals surface area contributed by atoms with E-state index in [1.165, 1.54) is 5.39 Å². The molecule has 0 nitrogen and oxygen atoms in total. The molecule has 0 saturated carbocycles. The van der Waals surface area contributed by atoms with Gasteiger partial charge in [0.15, 0.2) is 0 Å². The van der Waals surface area contributed by atoms with Crippen molar-refractivity contribution in [3.63, 3.8) is 0 Å². The minimum Gasteiger partial charge on any atom is -0.0837 e. The molecule has 0 amide bonds. The average molecular weight is 241 g/mol. The minimum atomic E-state index is 0.822. The molecule has 0 atom stereocenters. The fraction of sp³-hybridized carbons (Fsp3) is 0. The molecule has 0 fully saturated rings. The van der Waals surface area contributed by atoms with Crippen LogP contribution in [-0.2, 0) is 0 Å². The van der Waals surface area contributed by atoms with Crippen LogP contribution in [0.3, 0.4) is 0 Å². The third-order valence-corrected chi connectivity index (χ3v) is 2.73. The minimum absolute atomic E-state index is 0.822. The van der Waals surface area contributed by atoms with Crippen molar-refractivity contribution in [3.05, 3.63) is 83.9 Å². The zero-order valence-corrected chi connectivity index (χ0v) is 10.1. The molecule has 3 rings (SSSR count). The third kappa shape index (κ3) is 3.33. The smallest absolute Gasteiger partial charge is 0.0484 e. The monoisotopic (exact) mass is 240 g/mol. The molecule has 0 aliphatic heterocycles. The van der Waals surface area contributed by atoms with E-state index in [0.29, 0.717) is 0 Å². The first-order valence-electron chi connectivity index (χ1n) is 5.51. The quantitative estimate of drug-likeness (QED) is 0.508. The molecule has 0 heterocycles. The number of halogens is 1. The van der Waals surface area contributed by atoms with Gasteiger partial charge in [0.05, 0.1) is 0 Å². The molecular formula is C16H13Cl. The van der Waals surface area contributed by atoms with Gasteiger partial charge in [-0.05, 0) is 11.5 Å². The molecule has 0 saturated heterocycles. The fourth-order valence-electron chi connectivity index (χ4n) is 1.57. The van der Waals surface area contributed by atoms with Crippen LogP contribution in [0.2, 0.25) is 5.02 Å². The maximum Gasteiger partial charge on any atom is 0.0484 e. The van der Waals surface area contributed by atoms with Crippen molar-refractivity contribution in [2.75, 3.05) is 0 Å². The standard InChI is InChI=1S/C10H7Cl.C6H6/c11-10-7-3-5-8-4-1-2-6-9(8)10;1-2-4-6-5-3-1/h1-7H;1-6H. The summed E-state index contributed by atoms with van der Waals surface area (Å²) in [5.74, 6) is 0. The van der Waals surface area contributed by atoms with E-state index < -0.39 is 0 Å². The molecule has 1 heteroatoms. The molecular weight excluding hydrogens is 228 g/mol. The van der Waals surface area contributed by atoms with Crippen molar-refractivity contribution >= 4 is 22.4 Å². The maximum absolute atomic E-state index is 5.96. The van der Waals surface area contributed by atoms with Gasteiger partial charge in [-0.25, -0.2) is 0 Å². The van der Waals surface area contributed by atoms with Gasteiger partial charge in [-0.1, -0.05) is 84.4 Å². The van der Waals surface area contributed by atoms with Crippen LogP contribution >= 0.6 is 11.6 Å². The van der Waals surface area contributed by atoms with Gasteiger partial charge in [-0.15, -0.1) is 0 Å². The Bertz CT molecular complexity index is 541. The van der Waals surface area contributed by atoms with Crippen LogP contribution in [0, 0.1) is 0 Å². The lowest BCUT2D eigenvalue weighted by molar-refractivity contribution is 1.72. The molecule has 0 bridgehead atoms. The van der Waals surface area contributed by atoms with Crippen molar-refractivity contribution in [1.29, 1.82) is 0 Å². The highest BCUT2D eigenvalue weighted by Crippen LogP contribution is 2.21. The highest BCUT2D eigenvalue weighted by molar-refractivity contribution is 6.35. The van der Waals surface area contributed by atoms with Crippen molar-refractivity contribution in [2.45, 2.75) is 0 Å². The molecule has 0 N–H and O–H groups in total. The van der Waals surface area contributed by atoms with Crippen LogP contribution in [-0.4, -0.2) is 0 Å². The van der Waals surface area contributed by atoms with Gasteiger partial charge in [0.1, 0.15) is 0 Å². The second-order valence-corrected chi connectivity index (χ2v) is 4.02. The van der Waals surface area contributed by atoms with E-state index in [9.17, 15) is 0 Å². The Labute approximate surface area is 106 Å². The number of fused-ring (bicyclic) bond motifs is 1. The molecule has 3 aromatic rings. The van der Waals surface area contributed by atoms with Crippen LogP contribution in [0.15, 0.2) is 78.9 Å². The van der Waals surface area contributed by atoms with Crippen LogP contribution in [0.5, 0.6) is 0 Å². The Morgan fingerprint density at radius 3 is 1.65 bits per heavy atom. The summed E-state index contributed by atoms with van der Waals surface area (Å²) in [5.41, 5.74) is 0. The Morgan fingerprint density at radius 2 is 1.06 bits per heavy atom. The van der Waals surface area contributed by atoms with Gasteiger partial charge in [-0.3, -0.25) is 0 Å². The first kappa shape index (κ1) is 11.7. The first-order chi connectivity index (χ1) is 8.38. The summed E-state index contributed by atoms with van der Waals surface area (Å²) in [5, 5.41) is 3.14. The van der Waals surface area contributed by atoms with Crippen molar-refractivity contribution in [3.8, 4) is 0 Å². The van der Waals surface area contributed by atoms with E-state index in [4.69, 9.17) is 11.6 Å². The van der Waals surface area contributed by atoms with Crippen LogP contribution < -0.4 is 0 Å². The van der Waals surface area contributed by atoms with E-state index in [0.717, 1.165) is 10.4 Å². The Balaban J connectivity index is 0.000000153. The van der Waals surface area contributed by atoms with Crippen LogP contribution in [0.1, 0.15) is 0 Å². The fourth-order valence-corrected chi connectivity index (χ4v) is 1.82. The van der Waals surface area contributed by atoms with Gasteiger partial charge in [0.25, 0.3) is 0 Å². The zero-order valence-electron chi connectivity index (χ0n) is 9.38. The van der Waals surface area contributed by atoms with E-state index in [2.05, 4.69) is 12.1 Å². The molecule has 0 aromatic heterocycles. The summed E-state index contributed by atoms with van der Waals surface area (Å²) in [6.45, 7) is 0. The van der Waals surface area contributed by atoms with Gasteiger partial charge >= 0.3 is 0 Å². The zero-order chi connectivity index (χ0) is 11.9. The van der Waals surface area contributed by atoms with Crippen molar-refractivity contribution < 1.29 is 0 Å². The van der Waals surface area contributed by atoms with E-state index in [1.807, 2.05) is 66.7 Å². The summed E-state index contributed by atoms with van der Waals surface area (Å²) < 4.78 is 0. The van der Waals surface area contributed by atoms with Gasteiger partial charge in [0.2, 0.25) is 0 Å². The lowest BCUT2D eigenvalue weighted by Gasteiger charge is -1.97. The summed E-state index contributed by atoms with van der Waals surface area (Å²) in [4.78, 5) is 0. The van der Waals surface area contributed by atoms with Crippen molar-refractivity contribution in [2.24, 2.45) is 0 Å². The summed E-state index contributed by atoms with van der Waals surface area (Å²) in [6.07, 6.45) is 0. The van der Waals surface area contributed by atoms with E-state index in [1.54, 1.807) is 0 Å². The SMILES string of the molecule is Clc1cccc2ccccc12.c1ccccc1. The van der Waals surface area contributed by atoms with Crippen LogP contribution in [0.4, 0.5) is 0 Å². The van der Waals surface area contributed by atoms with Gasteiger partial charge in [-0.2, -0.15) is 0 Å². The number of hydrogen-bond acceptors (Lipinski definition) is 0.